The molecule has 0 aliphatic carbocycles. The second kappa shape index (κ2) is 9.50. The number of ether oxygens (including phenoxy) is 2. The maximum absolute atomic E-state index is 10.8. The second-order valence-corrected chi connectivity index (χ2v) is 5.48. The molecule has 0 aliphatic rings. The van der Waals surface area contributed by atoms with Crippen molar-refractivity contribution in [3.05, 3.63) is 22.7 Å². The average Bonchev–Trinajstić information content (AvgIpc) is 2.42. The molecule has 22 heavy (non-hydrogen) atoms. The smallest absolute Gasteiger partial charge is 0.255 e. The highest BCUT2D eigenvalue weighted by atomic mass is 35.5. The van der Waals surface area contributed by atoms with Crippen LogP contribution in [0.3, 0.4) is 0 Å². The molecule has 0 spiro atoms. The van der Waals surface area contributed by atoms with Gasteiger partial charge in [0.25, 0.3) is 5.91 Å². The number of halogens is 1. The number of likely N-dealkylation sites (N-methyl/N-ethyl adjacent to an activating group) is 1. The Hall–Kier alpha value is -1.50. The first-order chi connectivity index (χ1) is 10.4. The van der Waals surface area contributed by atoms with Crippen LogP contribution in [0.1, 0.15) is 12.5 Å². The fraction of sp³-hybridized carbons (Fsp3) is 0.533. The molecule has 0 radical (unpaired) electrons. The van der Waals surface area contributed by atoms with Crippen LogP contribution in [-0.4, -0.2) is 51.2 Å². The predicted molar refractivity (Wildman–Crippen MR) is 87.6 cm³/mol. The van der Waals surface area contributed by atoms with Crippen molar-refractivity contribution in [1.29, 1.82) is 0 Å². The lowest BCUT2D eigenvalue weighted by Crippen LogP contribution is -2.26. The highest BCUT2D eigenvalue weighted by molar-refractivity contribution is 6.32. The fourth-order valence-corrected chi connectivity index (χ4v) is 2.09. The lowest BCUT2D eigenvalue weighted by molar-refractivity contribution is -0.119. The van der Waals surface area contributed by atoms with E-state index in [1.807, 2.05) is 27.1 Å². The Balaban J connectivity index is 2.77. The maximum atomic E-state index is 10.8. The Morgan fingerprint density at radius 3 is 2.68 bits per heavy atom. The number of hydrogen-bond donors (Lipinski definition) is 2. The molecule has 0 aromatic heterocycles. The van der Waals surface area contributed by atoms with Crippen LogP contribution in [0.2, 0.25) is 5.02 Å². The van der Waals surface area contributed by atoms with Gasteiger partial charge in [0.1, 0.15) is 0 Å². The van der Waals surface area contributed by atoms with Gasteiger partial charge in [-0.1, -0.05) is 11.6 Å². The van der Waals surface area contributed by atoms with Crippen LogP contribution < -0.4 is 20.5 Å². The van der Waals surface area contributed by atoms with Gasteiger partial charge in [0.15, 0.2) is 18.1 Å². The summed E-state index contributed by atoms with van der Waals surface area (Å²) in [6.45, 7) is 4.60. The topological polar surface area (TPSA) is 76.8 Å². The monoisotopic (exact) mass is 329 g/mol. The molecule has 1 rings (SSSR count). The number of amides is 1. The minimum Gasteiger partial charge on any atom is -0.490 e. The van der Waals surface area contributed by atoms with Gasteiger partial charge >= 0.3 is 0 Å². The van der Waals surface area contributed by atoms with E-state index in [1.54, 1.807) is 6.07 Å². The Morgan fingerprint density at radius 2 is 2.09 bits per heavy atom. The minimum absolute atomic E-state index is 0.236. The van der Waals surface area contributed by atoms with Gasteiger partial charge in [-0.25, -0.2) is 0 Å². The van der Waals surface area contributed by atoms with E-state index in [9.17, 15) is 4.79 Å². The normalized spacial score (nSPS) is 10.8. The van der Waals surface area contributed by atoms with Crippen molar-refractivity contribution in [3.63, 3.8) is 0 Å². The molecule has 0 atom stereocenters. The molecular weight excluding hydrogens is 306 g/mol. The Bertz CT molecular complexity index is 495. The van der Waals surface area contributed by atoms with Gasteiger partial charge in [0, 0.05) is 19.6 Å². The van der Waals surface area contributed by atoms with E-state index < -0.39 is 5.91 Å². The lowest BCUT2D eigenvalue weighted by Gasteiger charge is -2.15. The highest BCUT2D eigenvalue weighted by Crippen LogP contribution is 2.36. The summed E-state index contributed by atoms with van der Waals surface area (Å²) < 4.78 is 10.9. The standard InChI is InChI=1S/C15H24ClN3O3/c1-4-21-13-8-11(9-18-5-6-19(2)3)7-12(16)15(13)22-10-14(17)20/h7-8,18H,4-6,9-10H2,1-3H3,(H2,17,20). The van der Waals surface area contributed by atoms with Crippen molar-refractivity contribution in [3.8, 4) is 11.5 Å². The Morgan fingerprint density at radius 1 is 1.36 bits per heavy atom. The summed E-state index contributed by atoms with van der Waals surface area (Å²) >= 11 is 6.22. The van der Waals surface area contributed by atoms with Gasteiger partial charge in [0.05, 0.1) is 11.6 Å². The zero-order valence-electron chi connectivity index (χ0n) is 13.3. The lowest BCUT2D eigenvalue weighted by atomic mass is 10.2. The molecule has 0 bridgehead atoms. The van der Waals surface area contributed by atoms with E-state index in [0.29, 0.717) is 29.7 Å². The third-order valence-corrected chi connectivity index (χ3v) is 3.07. The van der Waals surface area contributed by atoms with Crippen LogP contribution in [0.25, 0.3) is 0 Å². The number of primary amides is 1. The van der Waals surface area contributed by atoms with Crippen LogP contribution in [0.5, 0.6) is 11.5 Å². The van der Waals surface area contributed by atoms with Gasteiger partial charge in [0.2, 0.25) is 0 Å². The molecule has 0 fully saturated rings. The SMILES string of the molecule is CCOc1cc(CNCCN(C)C)cc(Cl)c1OCC(N)=O. The number of carbonyl (C=O) groups excluding carboxylic acids is 1. The number of nitrogens with one attached hydrogen (secondary N) is 1. The summed E-state index contributed by atoms with van der Waals surface area (Å²) in [5.41, 5.74) is 6.07. The van der Waals surface area contributed by atoms with Crippen LogP contribution in [0.4, 0.5) is 0 Å². The maximum Gasteiger partial charge on any atom is 0.255 e. The van der Waals surface area contributed by atoms with Crippen LogP contribution >= 0.6 is 11.6 Å². The molecular formula is C15H24ClN3O3. The Kier molecular flexibility index (Phi) is 8.01. The quantitative estimate of drug-likeness (QED) is 0.632. The molecule has 1 aromatic carbocycles. The van der Waals surface area contributed by atoms with Crippen molar-refractivity contribution in [2.75, 3.05) is 40.4 Å². The molecule has 0 saturated carbocycles. The van der Waals surface area contributed by atoms with Gasteiger partial charge < -0.3 is 25.4 Å². The number of benzene rings is 1. The van der Waals surface area contributed by atoms with Crippen molar-refractivity contribution in [2.45, 2.75) is 13.5 Å². The summed E-state index contributed by atoms with van der Waals surface area (Å²) in [6, 6.07) is 3.65. The van der Waals surface area contributed by atoms with Crippen LogP contribution in [-0.2, 0) is 11.3 Å². The van der Waals surface area contributed by atoms with Gasteiger partial charge in [-0.15, -0.1) is 0 Å². The van der Waals surface area contributed by atoms with Crippen LogP contribution in [0, 0.1) is 0 Å². The zero-order chi connectivity index (χ0) is 16.5. The van der Waals surface area contributed by atoms with Crippen molar-refractivity contribution < 1.29 is 14.3 Å². The summed E-state index contributed by atoms with van der Waals surface area (Å²) in [4.78, 5) is 13.0. The molecule has 0 heterocycles. The first kappa shape index (κ1) is 18.5. The average molecular weight is 330 g/mol. The number of nitrogens with two attached hydrogens (primary N) is 1. The Labute approximate surface area is 136 Å². The zero-order valence-corrected chi connectivity index (χ0v) is 14.1. The minimum atomic E-state index is -0.562. The largest absolute Gasteiger partial charge is 0.490 e. The van der Waals surface area contributed by atoms with Gasteiger partial charge in [-0.05, 0) is 38.7 Å². The van der Waals surface area contributed by atoms with E-state index in [2.05, 4.69) is 10.2 Å². The van der Waals surface area contributed by atoms with Gasteiger partial charge in [-0.3, -0.25) is 4.79 Å². The summed E-state index contributed by atoms with van der Waals surface area (Å²) in [6.07, 6.45) is 0. The molecule has 7 heteroatoms. The first-order valence-electron chi connectivity index (χ1n) is 7.15. The highest BCUT2D eigenvalue weighted by Gasteiger charge is 2.13. The summed E-state index contributed by atoms with van der Waals surface area (Å²) in [7, 11) is 4.05. The first-order valence-corrected chi connectivity index (χ1v) is 7.53. The van der Waals surface area contributed by atoms with E-state index in [4.69, 9.17) is 26.8 Å². The molecule has 6 nitrogen and oxygen atoms in total. The molecule has 0 aliphatic heterocycles. The summed E-state index contributed by atoms with van der Waals surface area (Å²) in [5, 5.41) is 3.73. The molecule has 0 saturated heterocycles. The third kappa shape index (κ3) is 6.51. The third-order valence-electron chi connectivity index (χ3n) is 2.79. The molecule has 0 unspecified atom stereocenters. The molecule has 3 N–H and O–H groups in total. The fourth-order valence-electron chi connectivity index (χ4n) is 1.81. The number of hydrogen-bond acceptors (Lipinski definition) is 5. The van der Waals surface area contributed by atoms with Crippen molar-refractivity contribution in [2.24, 2.45) is 5.73 Å². The molecule has 124 valence electrons. The van der Waals surface area contributed by atoms with E-state index in [0.717, 1.165) is 18.7 Å². The van der Waals surface area contributed by atoms with E-state index >= 15 is 0 Å². The molecule has 1 amide bonds. The van der Waals surface area contributed by atoms with Crippen LogP contribution in [0.15, 0.2) is 12.1 Å². The van der Waals surface area contributed by atoms with E-state index in [-0.39, 0.29) is 6.61 Å². The molecule has 1 aromatic rings. The predicted octanol–water partition coefficient (Wildman–Crippen LogP) is 1.25. The number of rotatable bonds is 10. The summed E-state index contributed by atoms with van der Waals surface area (Å²) in [5.74, 6) is 0.299. The van der Waals surface area contributed by atoms with E-state index in [1.165, 1.54) is 0 Å². The van der Waals surface area contributed by atoms with Crippen molar-refractivity contribution in [1.82, 2.24) is 10.2 Å². The second-order valence-electron chi connectivity index (χ2n) is 5.07. The van der Waals surface area contributed by atoms with Gasteiger partial charge in [-0.2, -0.15) is 0 Å². The number of nitrogens with zero attached hydrogens (tertiary/aromatic N) is 1. The van der Waals surface area contributed by atoms with Crippen molar-refractivity contribution >= 4 is 17.5 Å². The number of carbonyl (C=O) groups is 1.